The Morgan fingerprint density at radius 2 is 1.91 bits per heavy atom. The zero-order chi connectivity index (χ0) is 22.7. The molecule has 1 amide bonds. The first kappa shape index (κ1) is 22.8. The SMILES string of the molecule is CS(=O)CCNC(=O)c1cccc(-c2ccc3c(c2)C(Oc2ccc(Cl)cc2Cl)CC3)c1. The molecule has 4 rings (SSSR count). The maximum Gasteiger partial charge on any atom is 0.251 e. The third-order valence-corrected chi connectivity index (χ3v) is 6.77. The summed E-state index contributed by atoms with van der Waals surface area (Å²) >= 11 is 12.3. The number of aryl methyl sites for hydroxylation is 1. The molecule has 1 aliphatic carbocycles. The van der Waals surface area contributed by atoms with Crippen LogP contribution in [-0.4, -0.2) is 28.7 Å². The molecule has 0 aromatic heterocycles. The van der Waals surface area contributed by atoms with Gasteiger partial charge in [-0.1, -0.05) is 47.5 Å². The molecule has 3 aromatic carbocycles. The van der Waals surface area contributed by atoms with Crippen LogP contribution in [0.1, 0.15) is 34.0 Å². The van der Waals surface area contributed by atoms with Gasteiger partial charge in [0.05, 0.1) is 5.02 Å². The van der Waals surface area contributed by atoms with Crippen LogP contribution in [-0.2, 0) is 17.2 Å². The molecule has 32 heavy (non-hydrogen) atoms. The van der Waals surface area contributed by atoms with E-state index in [1.54, 1.807) is 30.5 Å². The Hall–Kier alpha value is -2.34. The molecular weight excluding hydrogens is 465 g/mol. The zero-order valence-electron chi connectivity index (χ0n) is 17.6. The minimum atomic E-state index is -0.935. The number of carbonyl (C=O) groups excluding carboxylic acids is 1. The van der Waals surface area contributed by atoms with Gasteiger partial charge < -0.3 is 10.1 Å². The number of hydrogen-bond acceptors (Lipinski definition) is 3. The van der Waals surface area contributed by atoms with Gasteiger partial charge in [0.1, 0.15) is 11.9 Å². The summed E-state index contributed by atoms with van der Waals surface area (Å²) in [5.41, 5.74) is 4.94. The van der Waals surface area contributed by atoms with E-state index in [1.807, 2.05) is 18.2 Å². The van der Waals surface area contributed by atoms with Crippen LogP contribution in [0.4, 0.5) is 0 Å². The molecule has 0 saturated heterocycles. The van der Waals surface area contributed by atoms with Crippen molar-refractivity contribution < 1.29 is 13.7 Å². The maximum atomic E-state index is 12.5. The van der Waals surface area contributed by atoms with Gasteiger partial charge in [0.25, 0.3) is 5.91 Å². The molecule has 0 heterocycles. The van der Waals surface area contributed by atoms with E-state index in [4.69, 9.17) is 27.9 Å². The molecule has 3 aromatic rings. The fourth-order valence-electron chi connectivity index (χ4n) is 3.84. The van der Waals surface area contributed by atoms with Gasteiger partial charge >= 0.3 is 0 Å². The Morgan fingerprint density at radius 3 is 2.69 bits per heavy atom. The Morgan fingerprint density at radius 1 is 1.09 bits per heavy atom. The maximum absolute atomic E-state index is 12.5. The van der Waals surface area contributed by atoms with E-state index in [0.29, 0.717) is 33.7 Å². The van der Waals surface area contributed by atoms with Crippen molar-refractivity contribution in [3.63, 3.8) is 0 Å². The lowest BCUT2D eigenvalue weighted by Crippen LogP contribution is -2.27. The first-order valence-corrected chi connectivity index (χ1v) is 12.8. The summed E-state index contributed by atoms with van der Waals surface area (Å²) in [6.07, 6.45) is 3.34. The standard InChI is InChI=1S/C25H23Cl2NO3S/c1-32(30)12-11-28-25(29)19-4-2-3-17(13-19)18-6-5-16-7-9-23(21(16)14-18)31-24-10-8-20(26)15-22(24)27/h2-6,8,10,13-15,23H,7,9,11-12H2,1H3,(H,28,29). The molecule has 166 valence electrons. The van der Waals surface area contributed by atoms with Crippen molar-refractivity contribution >= 4 is 39.9 Å². The van der Waals surface area contributed by atoms with Crippen molar-refractivity contribution in [3.8, 4) is 16.9 Å². The number of ether oxygens (including phenoxy) is 1. The number of carbonyl (C=O) groups is 1. The third kappa shape index (κ3) is 5.34. The van der Waals surface area contributed by atoms with Crippen molar-refractivity contribution in [2.45, 2.75) is 18.9 Å². The average Bonchev–Trinajstić information content (AvgIpc) is 3.17. The van der Waals surface area contributed by atoms with Gasteiger partial charge in [-0.2, -0.15) is 0 Å². The second-order valence-electron chi connectivity index (χ2n) is 7.75. The number of amides is 1. The van der Waals surface area contributed by atoms with E-state index in [2.05, 4.69) is 23.5 Å². The van der Waals surface area contributed by atoms with Crippen molar-refractivity contribution in [1.82, 2.24) is 5.32 Å². The lowest BCUT2D eigenvalue weighted by molar-refractivity contribution is 0.0956. The molecule has 0 aliphatic heterocycles. The quantitative estimate of drug-likeness (QED) is 0.455. The molecule has 0 saturated carbocycles. The lowest BCUT2D eigenvalue weighted by Gasteiger charge is -2.17. The summed E-state index contributed by atoms with van der Waals surface area (Å²) in [5, 5.41) is 3.89. The zero-order valence-corrected chi connectivity index (χ0v) is 19.9. The summed E-state index contributed by atoms with van der Waals surface area (Å²) in [5.74, 6) is 0.887. The second kappa shape index (κ2) is 10.1. The van der Waals surface area contributed by atoms with Gasteiger partial charge in [-0.25, -0.2) is 0 Å². The first-order valence-electron chi connectivity index (χ1n) is 10.3. The molecule has 1 N–H and O–H groups in total. The van der Waals surface area contributed by atoms with Crippen LogP contribution >= 0.6 is 23.2 Å². The smallest absolute Gasteiger partial charge is 0.251 e. The highest BCUT2D eigenvalue weighted by Gasteiger charge is 2.25. The number of halogens is 2. The van der Waals surface area contributed by atoms with E-state index < -0.39 is 10.8 Å². The Bertz CT molecular complexity index is 1180. The van der Waals surface area contributed by atoms with Crippen LogP contribution in [0.5, 0.6) is 5.75 Å². The predicted octanol–water partition coefficient (Wildman–Crippen LogP) is 5.84. The summed E-state index contributed by atoms with van der Waals surface area (Å²) in [6.45, 7) is 0.386. The highest BCUT2D eigenvalue weighted by atomic mass is 35.5. The second-order valence-corrected chi connectivity index (χ2v) is 10.1. The van der Waals surface area contributed by atoms with Crippen LogP contribution in [0.3, 0.4) is 0 Å². The van der Waals surface area contributed by atoms with Gasteiger partial charge in [0.2, 0.25) is 0 Å². The van der Waals surface area contributed by atoms with Crippen molar-refractivity contribution in [2.75, 3.05) is 18.6 Å². The predicted molar refractivity (Wildman–Crippen MR) is 131 cm³/mol. The Kier molecular flexibility index (Phi) is 7.19. The van der Waals surface area contributed by atoms with Crippen molar-refractivity contribution in [2.24, 2.45) is 0 Å². The third-order valence-electron chi connectivity index (χ3n) is 5.46. The van der Waals surface area contributed by atoms with Crippen LogP contribution in [0.25, 0.3) is 11.1 Å². The fourth-order valence-corrected chi connectivity index (χ4v) is 4.68. The largest absolute Gasteiger partial charge is 0.484 e. The van der Waals surface area contributed by atoms with Gasteiger partial charge in [0, 0.05) is 39.9 Å². The molecular formula is C25H23Cl2NO3S. The minimum Gasteiger partial charge on any atom is -0.484 e. The van der Waals surface area contributed by atoms with E-state index in [9.17, 15) is 9.00 Å². The summed E-state index contributed by atoms with van der Waals surface area (Å²) in [6, 6.07) is 19.1. The molecule has 0 bridgehead atoms. The van der Waals surface area contributed by atoms with Gasteiger partial charge in [-0.15, -0.1) is 0 Å². The first-order chi connectivity index (χ1) is 15.4. The summed E-state index contributed by atoms with van der Waals surface area (Å²) < 4.78 is 17.4. The highest BCUT2D eigenvalue weighted by Crippen LogP contribution is 2.39. The normalized spacial score (nSPS) is 15.8. The topological polar surface area (TPSA) is 55.4 Å². The van der Waals surface area contributed by atoms with E-state index in [0.717, 1.165) is 29.5 Å². The molecule has 0 fully saturated rings. The molecule has 2 atom stereocenters. The van der Waals surface area contributed by atoms with Gasteiger partial charge in [0.15, 0.2) is 0 Å². The van der Waals surface area contributed by atoms with Crippen LogP contribution in [0, 0.1) is 0 Å². The number of fused-ring (bicyclic) bond motifs is 1. The van der Waals surface area contributed by atoms with E-state index in [1.165, 1.54) is 5.56 Å². The van der Waals surface area contributed by atoms with Gasteiger partial charge in [-0.05, 0) is 71.5 Å². The van der Waals surface area contributed by atoms with Crippen molar-refractivity contribution in [3.05, 3.63) is 87.4 Å². The minimum absolute atomic E-state index is 0.0926. The lowest BCUT2D eigenvalue weighted by atomic mass is 9.98. The number of nitrogens with one attached hydrogen (secondary N) is 1. The molecule has 4 nitrogen and oxygen atoms in total. The monoisotopic (exact) mass is 487 g/mol. The Balaban J connectivity index is 1.54. The fraction of sp³-hybridized carbons (Fsp3) is 0.240. The van der Waals surface area contributed by atoms with Crippen LogP contribution < -0.4 is 10.1 Å². The van der Waals surface area contributed by atoms with Crippen LogP contribution in [0.2, 0.25) is 10.0 Å². The molecule has 7 heteroatoms. The molecule has 0 spiro atoms. The van der Waals surface area contributed by atoms with Crippen LogP contribution in [0.15, 0.2) is 60.7 Å². The number of rotatable bonds is 7. The molecule has 1 aliphatic rings. The van der Waals surface area contributed by atoms with Gasteiger partial charge in [-0.3, -0.25) is 9.00 Å². The van der Waals surface area contributed by atoms with E-state index in [-0.39, 0.29) is 12.0 Å². The number of hydrogen-bond donors (Lipinski definition) is 1. The highest BCUT2D eigenvalue weighted by molar-refractivity contribution is 7.84. The molecule has 0 radical (unpaired) electrons. The molecule has 2 unspecified atom stereocenters. The Labute approximate surface area is 200 Å². The van der Waals surface area contributed by atoms with Crippen molar-refractivity contribution in [1.29, 1.82) is 0 Å². The average molecular weight is 488 g/mol. The summed E-state index contributed by atoms with van der Waals surface area (Å²) in [7, 11) is -0.935. The summed E-state index contributed by atoms with van der Waals surface area (Å²) in [4.78, 5) is 12.5. The number of benzene rings is 3. The van der Waals surface area contributed by atoms with E-state index >= 15 is 0 Å².